The quantitative estimate of drug-likeness (QED) is 0.398. The molecule has 0 saturated heterocycles. The fourth-order valence-corrected chi connectivity index (χ4v) is 10.2. The number of carbonyl (C=O) groups excluding carboxylic acids is 4. The highest BCUT2D eigenvalue weighted by atomic mass is 32.2. The molecule has 1 unspecified atom stereocenters. The Labute approximate surface area is 281 Å². The van der Waals surface area contributed by atoms with Gasteiger partial charge in [0.1, 0.15) is 17.6 Å². The van der Waals surface area contributed by atoms with Gasteiger partial charge in [0, 0.05) is 42.4 Å². The zero-order valence-electron chi connectivity index (χ0n) is 27.3. The number of fused-ring (bicyclic) bond motifs is 5. The maximum absolute atomic E-state index is 14.3. The molecule has 1 aromatic carbocycles. The van der Waals surface area contributed by atoms with Gasteiger partial charge < -0.3 is 19.1 Å². The molecule has 0 N–H and O–H groups in total. The number of ether oxygens (including phenoxy) is 3. The number of Topliss-reactive ketones (excluding diaryl/α,β-unsaturated/α-hetero) is 2. The van der Waals surface area contributed by atoms with Gasteiger partial charge >= 0.3 is 6.09 Å². The zero-order valence-corrected chi connectivity index (χ0v) is 28.1. The van der Waals surface area contributed by atoms with Crippen molar-refractivity contribution in [1.29, 1.82) is 0 Å². The SMILES string of the molecule is O=C1C[C@]2(C(=O)CS(=O)(=O)C3CC3)C[C@H]2/C=C\CCCCCN(C2CC2)C(=O)C2C[C@H](OC(=O)N3Cc4ccc5c(c4C3)OCO5)C[C@@H]12. The number of hydrogen-bond acceptors (Lipinski definition) is 9. The van der Waals surface area contributed by atoms with Crippen molar-refractivity contribution >= 4 is 33.4 Å². The van der Waals surface area contributed by atoms with Crippen LogP contribution in [0.25, 0.3) is 0 Å². The van der Waals surface area contributed by atoms with Crippen molar-refractivity contribution in [2.24, 2.45) is 23.2 Å². The first kappa shape index (κ1) is 31.8. The van der Waals surface area contributed by atoms with Crippen LogP contribution in [-0.4, -0.2) is 78.3 Å². The van der Waals surface area contributed by atoms with Crippen LogP contribution in [0, 0.1) is 23.2 Å². The minimum Gasteiger partial charge on any atom is -0.454 e. The van der Waals surface area contributed by atoms with Gasteiger partial charge in [-0.1, -0.05) is 24.6 Å². The molecule has 4 aliphatic carbocycles. The molecule has 7 aliphatic rings. The first-order valence-corrected chi connectivity index (χ1v) is 19.4. The van der Waals surface area contributed by atoms with Crippen LogP contribution < -0.4 is 9.47 Å². The summed E-state index contributed by atoms with van der Waals surface area (Å²) in [4.78, 5) is 59.3. The number of nitrogens with zero attached hydrogens (tertiary/aromatic N) is 2. The van der Waals surface area contributed by atoms with Crippen LogP contribution in [-0.2, 0) is 42.0 Å². The molecule has 48 heavy (non-hydrogen) atoms. The van der Waals surface area contributed by atoms with Gasteiger partial charge in [0.05, 0.1) is 17.7 Å². The monoisotopic (exact) mass is 680 g/mol. The Morgan fingerprint density at radius 1 is 0.979 bits per heavy atom. The van der Waals surface area contributed by atoms with E-state index in [-0.39, 0.29) is 55.5 Å². The first-order valence-electron chi connectivity index (χ1n) is 17.7. The summed E-state index contributed by atoms with van der Waals surface area (Å²) in [6.45, 7) is 1.46. The lowest BCUT2D eigenvalue weighted by molar-refractivity contribution is -0.141. The molecular formula is C36H44N2O9S. The van der Waals surface area contributed by atoms with Gasteiger partial charge in [-0.2, -0.15) is 0 Å². The van der Waals surface area contributed by atoms with Crippen LogP contribution in [0.4, 0.5) is 4.79 Å². The van der Waals surface area contributed by atoms with E-state index >= 15 is 0 Å². The van der Waals surface area contributed by atoms with E-state index in [2.05, 4.69) is 6.08 Å². The van der Waals surface area contributed by atoms with Crippen molar-refractivity contribution in [3.8, 4) is 11.5 Å². The van der Waals surface area contributed by atoms with Crippen molar-refractivity contribution in [2.45, 2.75) is 108 Å². The maximum atomic E-state index is 14.3. The average Bonchev–Trinajstić information content (AvgIpc) is 4.01. The Kier molecular flexibility index (Phi) is 8.07. The van der Waals surface area contributed by atoms with Crippen LogP contribution in [0.15, 0.2) is 24.3 Å². The topological polar surface area (TPSA) is 137 Å². The maximum Gasteiger partial charge on any atom is 0.410 e. The molecule has 258 valence electrons. The van der Waals surface area contributed by atoms with E-state index < -0.39 is 50.3 Å². The summed E-state index contributed by atoms with van der Waals surface area (Å²) in [7, 11) is -3.54. The van der Waals surface area contributed by atoms with Crippen molar-refractivity contribution in [1.82, 2.24) is 9.80 Å². The smallest absolute Gasteiger partial charge is 0.410 e. The molecule has 2 amide bonds. The Hall–Kier alpha value is -3.41. The van der Waals surface area contributed by atoms with Gasteiger partial charge in [-0.25, -0.2) is 13.2 Å². The molecule has 4 fully saturated rings. The van der Waals surface area contributed by atoms with E-state index in [4.69, 9.17) is 14.2 Å². The van der Waals surface area contributed by atoms with E-state index in [1.807, 2.05) is 23.1 Å². The molecule has 1 aromatic rings. The second kappa shape index (κ2) is 12.2. The van der Waals surface area contributed by atoms with Gasteiger partial charge in [0.2, 0.25) is 12.7 Å². The molecular weight excluding hydrogens is 636 g/mol. The predicted octanol–water partition coefficient (Wildman–Crippen LogP) is 4.50. The highest BCUT2D eigenvalue weighted by Crippen LogP contribution is 2.58. The lowest BCUT2D eigenvalue weighted by Gasteiger charge is -2.28. The molecule has 12 heteroatoms. The Morgan fingerprint density at radius 2 is 1.79 bits per heavy atom. The van der Waals surface area contributed by atoms with Crippen molar-refractivity contribution in [3.63, 3.8) is 0 Å². The second-order valence-electron chi connectivity index (χ2n) is 15.1. The van der Waals surface area contributed by atoms with E-state index in [0.717, 1.165) is 49.7 Å². The normalized spacial score (nSPS) is 32.5. The third kappa shape index (κ3) is 6.02. The third-order valence-corrected chi connectivity index (χ3v) is 13.8. The number of hydrogen-bond donors (Lipinski definition) is 0. The molecule has 0 bridgehead atoms. The van der Waals surface area contributed by atoms with Gasteiger partial charge in [-0.3, -0.25) is 19.3 Å². The Morgan fingerprint density at radius 3 is 2.58 bits per heavy atom. The lowest BCUT2D eigenvalue weighted by atomic mass is 9.82. The van der Waals surface area contributed by atoms with Crippen molar-refractivity contribution < 1.29 is 41.8 Å². The predicted molar refractivity (Wildman–Crippen MR) is 173 cm³/mol. The summed E-state index contributed by atoms with van der Waals surface area (Å²) in [5.74, 6) is -1.41. The van der Waals surface area contributed by atoms with Crippen molar-refractivity contribution in [2.75, 3.05) is 19.1 Å². The number of carbonyl (C=O) groups is 4. The number of amides is 2. The minimum absolute atomic E-state index is 0.0623. The second-order valence-corrected chi connectivity index (χ2v) is 17.3. The summed E-state index contributed by atoms with van der Waals surface area (Å²) >= 11 is 0. The Balaban J connectivity index is 1.02. The minimum atomic E-state index is -3.54. The van der Waals surface area contributed by atoms with E-state index in [0.29, 0.717) is 50.4 Å². The fraction of sp³-hybridized carbons (Fsp3) is 0.667. The Bertz CT molecular complexity index is 1660. The van der Waals surface area contributed by atoms with Gasteiger partial charge in [-0.05, 0) is 81.8 Å². The summed E-state index contributed by atoms with van der Waals surface area (Å²) in [6, 6.07) is 3.94. The number of benzene rings is 1. The number of rotatable bonds is 6. The summed E-state index contributed by atoms with van der Waals surface area (Å²) in [6.07, 6.45) is 10.4. The highest BCUT2D eigenvalue weighted by molar-refractivity contribution is 7.93. The summed E-state index contributed by atoms with van der Waals surface area (Å²) in [5, 5.41) is -0.450. The fourth-order valence-electron chi connectivity index (χ4n) is 8.48. The summed E-state index contributed by atoms with van der Waals surface area (Å²) in [5.41, 5.74) is 0.805. The van der Waals surface area contributed by atoms with Crippen LogP contribution in [0.5, 0.6) is 11.5 Å². The van der Waals surface area contributed by atoms with Crippen LogP contribution in [0.3, 0.4) is 0 Å². The van der Waals surface area contributed by atoms with Crippen LogP contribution in [0.2, 0.25) is 0 Å². The molecule has 8 rings (SSSR count). The highest BCUT2D eigenvalue weighted by Gasteiger charge is 2.61. The number of ketones is 2. The van der Waals surface area contributed by atoms with Crippen LogP contribution >= 0.6 is 0 Å². The number of sulfone groups is 1. The van der Waals surface area contributed by atoms with Gasteiger partial charge in [0.25, 0.3) is 0 Å². The molecule has 5 atom stereocenters. The van der Waals surface area contributed by atoms with E-state index in [1.54, 1.807) is 4.90 Å². The average molecular weight is 681 g/mol. The standard InChI is InChI=1S/C36H44N2O9S/c39-30-17-36(32(40)20-48(43,44)26-10-11-26)16-23(36)6-4-2-1-3-5-13-38(24-8-9-24)34(41)28-15-25(14-27(28)30)47-35(42)37-18-22-7-12-31-33(29(22)19-37)46-21-45-31/h4,6-7,12,23-28H,1-3,5,8-11,13-21H2/b6-4-/t23-,25-,27-,28?,36-/m1/s1. The third-order valence-electron chi connectivity index (χ3n) is 11.7. The number of allylic oxidation sites excluding steroid dienone is 2. The van der Waals surface area contributed by atoms with E-state index in [9.17, 15) is 27.6 Å². The zero-order chi connectivity index (χ0) is 33.2. The van der Waals surface area contributed by atoms with Gasteiger partial charge in [-0.15, -0.1) is 0 Å². The van der Waals surface area contributed by atoms with Crippen molar-refractivity contribution in [3.05, 3.63) is 35.4 Å². The molecule has 11 nitrogen and oxygen atoms in total. The first-order chi connectivity index (χ1) is 23.1. The molecule has 0 aromatic heterocycles. The lowest BCUT2D eigenvalue weighted by Crippen LogP contribution is -2.42. The largest absolute Gasteiger partial charge is 0.454 e. The molecule has 4 saturated carbocycles. The summed E-state index contributed by atoms with van der Waals surface area (Å²) < 4.78 is 42.9. The van der Waals surface area contributed by atoms with Crippen LogP contribution in [0.1, 0.15) is 88.2 Å². The van der Waals surface area contributed by atoms with Gasteiger partial charge in [0.15, 0.2) is 27.1 Å². The molecule has 3 aliphatic heterocycles. The molecule has 3 heterocycles. The molecule has 0 radical (unpaired) electrons. The van der Waals surface area contributed by atoms with E-state index in [1.165, 1.54) is 0 Å². The molecule has 0 spiro atoms.